The molecule has 3 N–H and O–H groups in total. The quantitative estimate of drug-likeness (QED) is 0.308. The molecule has 0 radical (unpaired) electrons. The predicted molar refractivity (Wildman–Crippen MR) is 140 cm³/mol. The van der Waals surface area contributed by atoms with Gasteiger partial charge in [-0.15, -0.1) is 0 Å². The number of sulfonamides is 2. The minimum Gasteiger partial charge on any atom is -0.322 e. The van der Waals surface area contributed by atoms with Gasteiger partial charge in [-0.25, -0.2) is 31.5 Å². The largest absolute Gasteiger partial charge is 0.322 e. The van der Waals surface area contributed by atoms with Crippen molar-refractivity contribution in [2.45, 2.75) is 23.6 Å². The van der Waals surface area contributed by atoms with E-state index in [2.05, 4.69) is 24.7 Å². The van der Waals surface area contributed by atoms with Gasteiger partial charge in [0.05, 0.1) is 15.5 Å². The Labute approximate surface area is 214 Å². The smallest absolute Gasteiger partial charge is 0.264 e. The molecule has 1 heterocycles. The summed E-state index contributed by atoms with van der Waals surface area (Å²) >= 11 is 0. The van der Waals surface area contributed by atoms with E-state index in [1.54, 1.807) is 31.2 Å². The average Bonchev–Trinajstić information content (AvgIpc) is 2.86. The van der Waals surface area contributed by atoms with Crippen LogP contribution in [0.3, 0.4) is 0 Å². The number of nitrogens with zero attached hydrogens (tertiary/aromatic N) is 2. The number of aryl methyl sites for hydroxylation is 2. The molecule has 4 rings (SSSR count). The molecular weight excluding hydrogens is 514 g/mol. The SMILES string of the molecule is Cc1ccc(S(=O)(=O)Nc2ccc(C(=O)Nc3ccc(S(=O)(=O)Nc4ncccn4)cc3)cc2C)cc1. The van der Waals surface area contributed by atoms with Crippen molar-refractivity contribution < 1.29 is 21.6 Å². The van der Waals surface area contributed by atoms with E-state index in [1.165, 1.54) is 60.9 Å². The first-order valence-electron chi connectivity index (χ1n) is 10.9. The molecule has 4 aromatic rings. The lowest BCUT2D eigenvalue weighted by Gasteiger charge is -2.13. The number of aromatic nitrogens is 2. The Bertz CT molecular complexity index is 1640. The Balaban J connectivity index is 1.43. The van der Waals surface area contributed by atoms with Gasteiger partial charge in [0.25, 0.3) is 26.0 Å². The van der Waals surface area contributed by atoms with Crippen molar-refractivity contribution in [2.75, 3.05) is 14.8 Å². The fraction of sp³-hybridized carbons (Fsp3) is 0.0800. The molecule has 0 atom stereocenters. The van der Waals surface area contributed by atoms with E-state index in [1.807, 2.05) is 6.92 Å². The first-order valence-corrected chi connectivity index (χ1v) is 13.9. The number of hydrogen-bond donors (Lipinski definition) is 3. The summed E-state index contributed by atoms with van der Waals surface area (Å²) in [5.74, 6) is -0.498. The van der Waals surface area contributed by atoms with Gasteiger partial charge >= 0.3 is 0 Å². The average molecular weight is 538 g/mol. The summed E-state index contributed by atoms with van der Waals surface area (Å²) in [7, 11) is -7.69. The normalized spacial score (nSPS) is 11.5. The second-order valence-electron chi connectivity index (χ2n) is 8.10. The molecule has 1 aromatic heterocycles. The van der Waals surface area contributed by atoms with Crippen molar-refractivity contribution in [3.8, 4) is 0 Å². The summed E-state index contributed by atoms with van der Waals surface area (Å²) in [5, 5.41) is 2.70. The van der Waals surface area contributed by atoms with E-state index in [4.69, 9.17) is 0 Å². The highest BCUT2D eigenvalue weighted by molar-refractivity contribution is 7.93. The Morgan fingerprint density at radius 1 is 0.730 bits per heavy atom. The second-order valence-corrected chi connectivity index (χ2v) is 11.5. The lowest BCUT2D eigenvalue weighted by atomic mass is 10.1. The summed E-state index contributed by atoms with van der Waals surface area (Å²) in [6, 6.07) is 18.2. The molecule has 0 aliphatic carbocycles. The summed E-state index contributed by atoms with van der Waals surface area (Å²) in [5.41, 5.74) is 2.53. The molecule has 10 nitrogen and oxygen atoms in total. The van der Waals surface area contributed by atoms with Gasteiger partial charge in [0.15, 0.2) is 0 Å². The van der Waals surface area contributed by atoms with Crippen LogP contribution in [0.5, 0.6) is 0 Å². The van der Waals surface area contributed by atoms with Crippen molar-refractivity contribution in [3.63, 3.8) is 0 Å². The standard InChI is InChI=1S/C25H23N5O5S2/c1-17-4-9-21(10-5-17)36(32,33)29-23-13-6-19(16-18(23)2)24(31)28-20-7-11-22(12-8-20)37(34,35)30-25-26-14-3-15-27-25/h3-16,29H,1-2H3,(H,28,31)(H,26,27,30). The van der Waals surface area contributed by atoms with E-state index in [0.29, 0.717) is 22.5 Å². The predicted octanol–water partition coefficient (Wildman–Crippen LogP) is 3.95. The number of benzene rings is 3. The third kappa shape index (κ3) is 6.29. The van der Waals surface area contributed by atoms with E-state index >= 15 is 0 Å². The van der Waals surface area contributed by atoms with Crippen LogP contribution in [0.25, 0.3) is 0 Å². The maximum atomic E-state index is 12.7. The van der Waals surface area contributed by atoms with E-state index in [-0.39, 0.29) is 15.7 Å². The van der Waals surface area contributed by atoms with Crippen molar-refractivity contribution in [1.82, 2.24) is 9.97 Å². The molecule has 0 aliphatic rings. The first-order chi connectivity index (χ1) is 17.5. The van der Waals surface area contributed by atoms with Crippen LogP contribution < -0.4 is 14.8 Å². The fourth-order valence-corrected chi connectivity index (χ4v) is 5.38. The molecule has 0 unspecified atom stereocenters. The van der Waals surface area contributed by atoms with Crippen molar-refractivity contribution in [3.05, 3.63) is 102 Å². The molecule has 3 aromatic carbocycles. The second kappa shape index (κ2) is 10.4. The summed E-state index contributed by atoms with van der Waals surface area (Å²) < 4.78 is 55.2. The molecule has 0 fully saturated rings. The Morgan fingerprint density at radius 3 is 1.89 bits per heavy atom. The molecule has 190 valence electrons. The summed E-state index contributed by atoms with van der Waals surface area (Å²) in [6.07, 6.45) is 2.83. The number of hydrogen-bond acceptors (Lipinski definition) is 7. The number of rotatable bonds is 8. The van der Waals surface area contributed by atoms with Gasteiger partial charge in [-0.3, -0.25) is 9.52 Å². The van der Waals surface area contributed by atoms with Crippen LogP contribution in [-0.2, 0) is 20.0 Å². The third-order valence-corrected chi connectivity index (χ3v) is 8.00. The van der Waals surface area contributed by atoms with E-state index in [9.17, 15) is 21.6 Å². The van der Waals surface area contributed by atoms with Gasteiger partial charge in [-0.1, -0.05) is 17.7 Å². The van der Waals surface area contributed by atoms with Gasteiger partial charge in [0, 0.05) is 23.6 Å². The number of amides is 1. The monoisotopic (exact) mass is 537 g/mol. The molecule has 0 spiro atoms. The van der Waals surface area contributed by atoms with Crippen LogP contribution in [0, 0.1) is 13.8 Å². The molecule has 37 heavy (non-hydrogen) atoms. The van der Waals surface area contributed by atoms with Gasteiger partial charge in [-0.05, 0) is 80.1 Å². The zero-order chi connectivity index (χ0) is 26.6. The summed E-state index contributed by atoms with van der Waals surface area (Å²) in [4.78, 5) is 20.5. The van der Waals surface area contributed by atoms with Crippen LogP contribution in [-0.4, -0.2) is 32.7 Å². The van der Waals surface area contributed by atoms with Crippen LogP contribution in [0.2, 0.25) is 0 Å². The highest BCUT2D eigenvalue weighted by atomic mass is 32.2. The highest BCUT2D eigenvalue weighted by Crippen LogP contribution is 2.22. The molecule has 0 saturated heterocycles. The number of carbonyl (C=O) groups excluding carboxylic acids is 1. The van der Waals surface area contributed by atoms with Crippen molar-refractivity contribution >= 4 is 43.3 Å². The molecule has 1 amide bonds. The van der Waals surface area contributed by atoms with Crippen LogP contribution in [0.15, 0.2) is 95.0 Å². The fourth-order valence-electron chi connectivity index (χ4n) is 3.29. The van der Waals surface area contributed by atoms with Gasteiger partial charge in [0.1, 0.15) is 0 Å². The maximum Gasteiger partial charge on any atom is 0.264 e. The van der Waals surface area contributed by atoms with Crippen LogP contribution >= 0.6 is 0 Å². The van der Waals surface area contributed by atoms with Gasteiger partial charge < -0.3 is 5.32 Å². The summed E-state index contributed by atoms with van der Waals surface area (Å²) in [6.45, 7) is 3.56. The van der Waals surface area contributed by atoms with E-state index in [0.717, 1.165) is 5.56 Å². The Morgan fingerprint density at radius 2 is 1.30 bits per heavy atom. The molecule has 0 bridgehead atoms. The van der Waals surface area contributed by atoms with Crippen LogP contribution in [0.1, 0.15) is 21.5 Å². The van der Waals surface area contributed by atoms with Crippen LogP contribution in [0.4, 0.5) is 17.3 Å². The lowest BCUT2D eigenvalue weighted by Crippen LogP contribution is -2.16. The Hall–Kier alpha value is -4.29. The third-order valence-electron chi connectivity index (χ3n) is 5.28. The molecule has 12 heteroatoms. The zero-order valence-electron chi connectivity index (χ0n) is 19.8. The van der Waals surface area contributed by atoms with Gasteiger partial charge in [-0.2, -0.15) is 0 Å². The maximum absolute atomic E-state index is 12.7. The molecule has 0 saturated carbocycles. The number of nitrogens with one attached hydrogen (secondary N) is 3. The lowest BCUT2D eigenvalue weighted by molar-refractivity contribution is 0.102. The topological polar surface area (TPSA) is 147 Å². The number of anilines is 3. The van der Waals surface area contributed by atoms with E-state index < -0.39 is 26.0 Å². The van der Waals surface area contributed by atoms with Crippen molar-refractivity contribution in [2.24, 2.45) is 0 Å². The van der Waals surface area contributed by atoms with Gasteiger partial charge in [0.2, 0.25) is 5.95 Å². The highest BCUT2D eigenvalue weighted by Gasteiger charge is 2.18. The van der Waals surface area contributed by atoms with Crippen molar-refractivity contribution in [1.29, 1.82) is 0 Å². The first kappa shape index (κ1) is 25.8. The number of carbonyl (C=O) groups is 1. The molecule has 0 aliphatic heterocycles. The Kier molecular flexibility index (Phi) is 7.23. The minimum atomic E-state index is -3.90. The zero-order valence-corrected chi connectivity index (χ0v) is 21.5. The molecular formula is C25H23N5O5S2. The minimum absolute atomic E-state index is 0.0287.